The second-order valence-corrected chi connectivity index (χ2v) is 5.33. The lowest BCUT2D eigenvalue weighted by atomic mass is 10.0. The fourth-order valence-corrected chi connectivity index (χ4v) is 2.18. The highest BCUT2D eigenvalue weighted by molar-refractivity contribution is 5.81. The molecular weight excluding hydrogens is 268 g/mol. The first kappa shape index (κ1) is 15.1. The van der Waals surface area contributed by atoms with Crippen LogP contribution in [0.4, 0.5) is 4.79 Å². The molecule has 1 heterocycles. The number of amides is 1. The molecule has 0 fully saturated rings. The Morgan fingerprint density at radius 2 is 2.10 bits per heavy atom. The van der Waals surface area contributed by atoms with Gasteiger partial charge in [-0.3, -0.25) is 0 Å². The van der Waals surface area contributed by atoms with Crippen molar-refractivity contribution in [3.63, 3.8) is 0 Å². The zero-order chi connectivity index (χ0) is 15.2. The summed E-state index contributed by atoms with van der Waals surface area (Å²) in [4.78, 5) is 13.7. The first-order chi connectivity index (χ1) is 10.1. The Morgan fingerprint density at radius 1 is 1.38 bits per heavy atom. The van der Waals surface area contributed by atoms with Crippen LogP contribution in [0.3, 0.4) is 0 Å². The molecule has 0 bridgehead atoms. The highest BCUT2D eigenvalue weighted by atomic mass is 16.6. The van der Waals surface area contributed by atoms with E-state index in [9.17, 15) is 4.79 Å². The minimum Gasteiger partial charge on any atom is -0.411 e. The number of hydrogen-bond donors (Lipinski definition) is 1. The van der Waals surface area contributed by atoms with Gasteiger partial charge in [-0.15, -0.1) is 0 Å². The lowest BCUT2D eigenvalue weighted by Gasteiger charge is -2.25. The number of carbonyl (C=O) groups is 1. The van der Waals surface area contributed by atoms with Crippen molar-refractivity contribution in [2.45, 2.75) is 26.2 Å². The molecule has 1 amide bonds. The van der Waals surface area contributed by atoms with Crippen LogP contribution in [0.15, 0.2) is 41.1 Å². The van der Waals surface area contributed by atoms with Crippen LogP contribution in [0, 0.1) is 0 Å². The summed E-state index contributed by atoms with van der Waals surface area (Å²) in [6.07, 6.45) is 3.63. The molecule has 112 valence electrons. The number of carbonyl (C=O) groups excluding carboxylic acids is 1. The van der Waals surface area contributed by atoms with Gasteiger partial charge in [0.2, 0.25) is 0 Å². The van der Waals surface area contributed by atoms with Crippen molar-refractivity contribution < 1.29 is 14.7 Å². The van der Waals surface area contributed by atoms with Crippen molar-refractivity contribution in [2.24, 2.45) is 5.16 Å². The molecule has 21 heavy (non-hydrogen) atoms. The van der Waals surface area contributed by atoms with Crippen molar-refractivity contribution in [3.8, 4) is 5.75 Å². The van der Waals surface area contributed by atoms with E-state index in [0.717, 1.165) is 12.0 Å². The van der Waals surface area contributed by atoms with Crippen molar-refractivity contribution in [1.82, 2.24) is 4.90 Å². The molecule has 1 N–H and O–H groups in total. The molecule has 1 aliphatic heterocycles. The molecular formula is C16H20N2O3. The normalized spacial score (nSPS) is 15.4. The number of nitrogens with zero attached hydrogens (tertiary/aromatic N) is 2. The van der Waals surface area contributed by atoms with E-state index < -0.39 is 0 Å². The first-order valence-electron chi connectivity index (χ1n) is 7.03. The van der Waals surface area contributed by atoms with E-state index in [2.05, 4.69) is 19.0 Å². The Labute approximate surface area is 124 Å². The fraction of sp³-hybridized carbons (Fsp3) is 0.375. The van der Waals surface area contributed by atoms with Crippen molar-refractivity contribution in [1.29, 1.82) is 0 Å². The third-order valence-corrected chi connectivity index (χ3v) is 3.41. The predicted molar refractivity (Wildman–Crippen MR) is 81.1 cm³/mol. The molecule has 0 unspecified atom stereocenters. The lowest BCUT2D eigenvalue weighted by Crippen LogP contribution is -2.38. The highest BCUT2D eigenvalue weighted by Crippen LogP contribution is 2.19. The molecule has 0 atom stereocenters. The number of rotatable bonds is 3. The summed E-state index contributed by atoms with van der Waals surface area (Å²) in [5, 5.41) is 11.5. The number of ether oxygens (including phenoxy) is 1. The third kappa shape index (κ3) is 4.08. The largest absolute Gasteiger partial charge is 0.415 e. The van der Waals surface area contributed by atoms with Crippen molar-refractivity contribution in [3.05, 3.63) is 41.5 Å². The molecule has 2 rings (SSSR count). The third-order valence-electron chi connectivity index (χ3n) is 3.41. The van der Waals surface area contributed by atoms with E-state index >= 15 is 0 Å². The Kier molecular flexibility index (Phi) is 4.98. The molecule has 0 aromatic heterocycles. The number of oxime groups is 1. The second kappa shape index (κ2) is 6.92. The Hall–Kier alpha value is -2.30. The van der Waals surface area contributed by atoms with Gasteiger partial charge in [0.25, 0.3) is 0 Å². The zero-order valence-corrected chi connectivity index (χ0v) is 12.3. The highest BCUT2D eigenvalue weighted by Gasteiger charge is 2.19. The molecule has 1 aliphatic rings. The summed E-state index contributed by atoms with van der Waals surface area (Å²) in [6, 6.07) is 7.55. The van der Waals surface area contributed by atoms with Gasteiger partial charge in [-0.05, 0) is 35.6 Å². The van der Waals surface area contributed by atoms with Crippen molar-refractivity contribution in [2.75, 3.05) is 13.1 Å². The summed E-state index contributed by atoms with van der Waals surface area (Å²) >= 11 is 0. The minimum absolute atomic E-state index is 0.385. The summed E-state index contributed by atoms with van der Waals surface area (Å²) in [5.41, 5.74) is 2.01. The lowest BCUT2D eigenvalue weighted by molar-refractivity contribution is 0.156. The molecule has 0 saturated carbocycles. The van der Waals surface area contributed by atoms with Gasteiger partial charge in [-0.2, -0.15) is 0 Å². The minimum atomic E-state index is -0.385. The number of benzene rings is 1. The monoisotopic (exact) mass is 288 g/mol. The van der Waals surface area contributed by atoms with E-state index in [1.165, 1.54) is 11.8 Å². The van der Waals surface area contributed by atoms with Gasteiger partial charge >= 0.3 is 6.09 Å². The summed E-state index contributed by atoms with van der Waals surface area (Å²) < 4.78 is 5.37. The molecule has 0 spiro atoms. The molecule has 5 nitrogen and oxygen atoms in total. The zero-order valence-electron chi connectivity index (χ0n) is 12.3. The average molecular weight is 288 g/mol. The predicted octanol–water partition coefficient (Wildman–Crippen LogP) is 3.40. The average Bonchev–Trinajstić information content (AvgIpc) is 2.48. The summed E-state index contributed by atoms with van der Waals surface area (Å²) in [7, 11) is 0. The van der Waals surface area contributed by atoms with Crippen LogP contribution in [0.2, 0.25) is 0 Å². The molecule has 5 heteroatoms. The summed E-state index contributed by atoms with van der Waals surface area (Å²) in [6.45, 7) is 5.23. The van der Waals surface area contributed by atoms with E-state index in [1.54, 1.807) is 4.90 Å². The van der Waals surface area contributed by atoms with Gasteiger partial charge in [-0.25, -0.2) is 4.79 Å². The Bertz CT molecular complexity index is 547. The van der Waals surface area contributed by atoms with Crippen LogP contribution < -0.4 is 4.74 Å². The van der Waals surface area contributed by atoms with E-state index in [4.69, 9.17) is 9.94 Å². The van der Waals surface area contributed by atoms with Crippen LogP contribution >= 0.6 is 0 Å². The molecule has 1 aromatic carbocycles. The van der Waals surface area contributed by atoms with E-state index in [1.807, 2.05) is 30.3 Å². The number of hydrogen-bond acceptors (Lipinski definition) is 4. The first-order valence-corrected chi connectivity index (χ1v) is 7.03. The van der Waals surface area contributed by atoms with Crippen LogP contribution in [-0.4, -0.2) is 35.5 Å². The quantitative estimate of drug-likeness (QED) is 0.527. The topological polar surface area (TPSA) is 62.1 Å². The molecule has 0 radical (unpaired) electrons. The molecule has 0 saturated heterocycles. The van der Waals surface area contributed by atoms with E-state index in [0.29, 0.717) is 24.8 Å². The van der Waals surface area contributed by atoms with Gasteiger partial charge in [0.1, 0.15) is 5.75 Å². The van der Waals surface area contributed by atoms with Gasteiger partial charge in [-0.1, -0.05) is 37.2 Å². The fourth-order valence-electron chi connectivity index (χ4n) is 2.18. The second-order valence-electron chi connectivity index (χ2n) is 5.33. The van der Waals surface area contributed by atoms with Gasteiger partial charge in [0.05, 0.1) is 12.8 Å². The van der Waals surface area contributed by atoms with Gasteiger partial charge in [0, 0.05) is 6.54 Å². The molecule has 1 aromatic rings. The maximum absolute atomic E-state index is 12.1. The van der Waals surface area contributed by atoms with Crippen molar-refractivity contribution >= 4 is 12.3 Å². The maximum atomic E-state index is 12.1. The Morgan fingerprint density at radius 3 is 2.71 bits per heavy atom. The molecule has 0 aliphatic carbocycles. The van der Waals surface area contributed by atoms with Crippen LogP contribution in [0.5, 0.6) is 5.75 Å². The maximum Gasteiger partial charge on any atom is 0.415 e. The Balaban J connectivity index is 1.97. The smallest absolute Gasteiger partial charge is 0.411 e. The summed E-state index contributed by atoms with van der Waals surface area (Å²) in [5.74, 6) is 0.985. The van der Waals surface area contributed by atoms with Crippen LogP contribution in [0.1, 0.15) is 31.7 Å². The SMILES string of the molecule is CC(C)c1ccc(OC(=O)N2CCC=C(C=NO)C2)cc1. The van der Waals surface area contributed by atoms with Gasteiger partial charge < -0.3 is 14.8 Å². The van der Waals surface area contributed by atoms with Gasteiger partial charge in [0.15, 0.2) is 0 Å². The van der Waals surface area contributed by atoms with E-state index in [-0.39, 0.29) is 6.09 Å². The van der Waals surface area contributed by atoms with Crippen LogP contribution in [-0.2, 0) is 0 Å². The standard InChI is InChI=1S/C16H20N2O3/c1-12(2)14-5-7-15(8-6-14)21-16(19)18-9-3-4-13(11-18)10-17-20/h4-8,10,12,20H,3,9,11H2,1-2H3. The van der Waals surface area contributed by atoms with Crippen LogP contribution in [0.25, 0.3) is 0 Å².